The van der Waals surface area contributed by atoms with Gasteiger partial charge >= 0.3 is 5.97 Å². The van der Waals surface area contributed by atoms with Crippen molar-refractivity contribution in [3.05, 3.63) is 93.6 Å². The van der Waals surface area contributed by atoms with Gasteiger partial charge in [0.15, 0.2) is 0 Å². The molecule has 2 aromatic carbocycles. The molecule has 0 aliphatic rings. The minimum absolute atomic E-state index is 0.203. The van der Waals surface area contributed by atoms with Crippen molar-refractivity contribution in [3.63, 3.8) is 0 Å². The highest BCUT2D eigenvalue weighted by molar-refractivity contribution is 5.87. The van der Waals surface area contributed by atoms with Crippen molar-refractivity contribution >= 4 is 12.0 Å². The lowest BCUT2D eigenvalue weighted by atomic mass is 10.1. The molecule has 0 saturated heterocycles. The summed E-state index contributed by atoms with van der Waals surface area (Å²) in [6.45, 7) is 6.32. The Morgan fingerprint density at radius 2 is 1.93 bits per heavy atom. The van der Waals surface area contributed by atoms with E-state index in [-0.39, 0.29) is 17.7 Å². The summed E-state index contributed by atoms with van der Waals surface area (Å²) in [5.41, 5.74) is 5.38. The number of rotatable bonds is 6. The number of esters is 1. The molecule has 0 bridgehead atoms. The Bertz CT molecular complexity index is 1140. The largest absolute Gasteiger partial charge is 0.458 e. The molecule has 0 radical (unpaired) electrons. The molecule has 0 aliphatic heterocycles. The first-order valence-electron chi connectivity index (χ1n) is 9.50. The molecule has 0 saturated carbocycles. The highest BCUT2D eigenvalue weighted by Crippen LogP contribution is 2.17. The van der Waals surface area contributed by atoms with Gasteiger partial charge in [0.05, 0.1) is 23.9 Å². The summed E-state index contributed by atoms with van der Waals surface area (Å²) >= 11 is 0. The van der Waals surface area contributed by atoms with Crippen molar-refractivity contribution in [1.82, 2.24) is 9.78 Å². The van der Waals surface area contributed by atoms with E-state index in [1.165, 1.54) is 23.8 Å². The standard InChI is InChI=1S/C24H22FN3O2/c1-16-4-6-19(7-5-16)14-28-18(3)22(17(2)27-28)10-11-24(29)30-15-21-9-8-20(13-26)12-23(21)25/h4-12H,14-15H2,1-3H3/b11-10+. The zero-order chi connectivity index (χ0) is 21.7. The topological polar surface area (TPSA) is 67.9 Å². The van der Waals surface area contributed by atoms with E-state index >= 15 is 0 Å². The first kappa shape index (κ1) is 21.0. The Morgan fingerprint density at radius 3 is 2.60 bits per heavy atom. The van der Waals surface area contributed by atoms with Crippen LogP contribution in [0.1, 0.15) is 39.2 Å². The summed E-state index contributed by atoms with van der Waals surface area (Å²) in [4.78, 5) is 12.1. The first-order chi connectivity index (χ1) is 14.4. The van der Waals surface area contributed by atoms with Crippen LogP contribution in [0.5, 0.6) is 0 Å². The van der Waals surface area contributed by atoms with E-state index in [0.29, 0.717) is 6.54 Å². The lowest BCUT2D eigenvalue weighted by Crippen LogP contribution is -2.04. The van der Waals surface area contributed by atoms with Gasteiger partial charge in [-0.05, 0) is 44.5 Å². The zero-order valence-electron chi connectivity index (χ0n) is 17.1. The normalized spacial score (nSPS) is 10.9. The third-order valence-corrected chi connectivity index (χ3v) is 4.83. The van der Waals surface area contributed by atoms with Gasteiger partial charge in [-0.3, -0.25) is 4.68 Å². The maximum absolute atomic E-state index is 13.9. The molecule has 5 nitrogen and oxygen atoms in total. The predicted molar refractivity (Wildman–Crippen MR) is 112 cm³/mol. The third-order valence-electron chi connectivity index (χ3n) is 4.83. The number of carbonyl (C=O) groups is 1. The number of nitriles is 1. The third kappa shape index (κ3) is 5.00. The van der Waals surface area contributed by atoms with Crippen LogP contribution in [-0.4, -0.2) is 15.7 Å². The van der Waals surface area contributed by atoms with Gasteiger partial charge < -0.3 is 4.74 Å². The molecule has 0 atom stereocenters. The van der Waals surface area contributed by atoms with Gasteiger partial charge in [-0.25, -0.2) is 9.18 Å². The van der Waals surface area contributed by atoms with Crippen LogP contribution < -0.4 is 0 Å². The molecule has 0 spiro atoms. The summed E-state index contributed by atoms with van der Waals surface area (Å²) in [5, 5.41) is 13.3. The van der Waals surface area contributed by atoms with E-state index in [2.05, 4.69) is 29.4 Å². The first-order valence-corrected chi connectivity index (χ1v) is 9.50. The zero-order valence-corrected chi connectivity index (χ0v) is 17.1. The Labute approximate surface area is 175 Å². The maximum atomic E-state index is 13.9. The predicted octanol–water partition coefficient (Wildman–Crippen LogP) is 4.62. The number of hydrogen-bond donors (Lipinski definition) is 0. The quantitative estimate of drug-likeness (QED) is 0.445. The number of hydrogen-bond acceptors (Lipinski definition) is 4. The van der Waals surface area contributed by atoms with E-state index in [1.807, 2.05) is 31.5 Å². The van der Waals surface area contributed by atoms with Gasteiger partial charge in [0.1, 0.15) is 12.4 Å². The number of carbonyl (C=O) groups excluding carboxylic acids is 1. The molecule has 152 valence electrons. The lowest BCUT2D eigenvalue weighted by molar-refractivity contribution is -0.138. The fourth-order valence-corrected chi connectivity index (χ4v) is 3.05. The summed E-state index contributed by atoms with van der Waals surface area (Å²) in [5.74, 6) is -1.15. The van der Waals surface area contributed by atoms with Gasteiger partial charge in [0.25, 0.3) is 0 Å². The summed E-state index contributed by atoms with van der Waals surface area (Å²) in [7, 11) is 0. The molecule has 0 aliphatic carbocycles. The number of benzene rings is 2. The van der Waals surface area contributed by atoms with Crippen molar-refractivity contribution in [3.8, 4) is 6.07 Å². The fraction of sp³-hybridized carbons (Fsp3) is 0.208. The monoisotopic (exact) mass is 403 g/mol. The molecule has 1 aromatic heterocycles. The highest BCUT2D eigenvalue weighted by atomic mass is 19.1. The Hall–Kier alpha value is -3.72. The molecular weight excluding hydrogens is 381 g/mol. The Morgan fingerprint density at radius 1 is 1.20 bits per heavy atom. The molecule has 3 rings (SSSR count). The van der Waals surface area contributed by atoms with E-state index < -0.39 is 11.8 Å². The summed E-state index contributed by atoms with van der Waals surface area (Å²) in [6, 6.07) is 14.2. The molecule has 0 N–H and O–H groups in total. The van der Waals surface area contributed by atoms with E-state index in [9.17, 15) is 9.18 Å². The van der Waals surface area contributed by atoms with Crippen molar-refractivity contribution in [1.29, 1.82) is 5.26 Å². The second-order valence-electron chi connectivity index (χ2n) is 7.09. The van der Waals surface area contributed by atoms with Gasteiger partial charge in [-0.15, -0.1) is 0 Å². The SMILES string of the molecule is Cc1ccc(Cn2nc(C)c(/C=C/C(=O)OCc3ccc(C#N)cc3F)c2C)cc1. The van der Waals surface area contributed by atoms with Crippen LogP contribution in [0.4, 0.5) is 4.39 Å². The molecule has 30 heavy (non-hydrogen) atoms. The van der Waals surface area contributed by atoms with Crippen LogP contribution in [0.25, 0.3) is 6.08 Å². The van der Waals surface area contributed by atoms with Gasteiger partial charge in [-0.1, -0.05) is 35.9 Å². The number of aryl methyl sites for hydroxylation is 2. The number of nitrogens with zero attached hydrogens (tertiary/aromatic N) is 3. The van der Waals surface area contributed by atoms with Gasteiger partial charge in [-0.2, -0.15) is 10.4 Å². The van der Waals surface area contributed by atoms with E-state index in [4.69, 9.17) is 10.00 Å². The molecular formula is C24H22FN3O2. The second kappa shape index (κ2) is 9.19. The molecule has 0 amide bonds. The maximum Gasteiger partial charge on any atom is 0.331 e. The van der Waals surface area contributed by atoms with Crippen molar-refractivity contribution < 1.29 is 13.9 Å². The fourth-order valence-electron chi connectivity index (χ4n) is 3.05. The van der Waals surface area contributed by atoms with Crippen LogP contribution >= 0.6 is 0 Å². The Kier molecular flexibility index (Phi) is 6.43. The highest BCUT2D eigenvalue weighted by Gasteiger charge is 2.11. The average Bonchev–Trinajstić information content (AvgIpc) is 2.99. The van der Waals surface area contributed by atoms with Crippen LogP contribution in [0, 0.1) is 37.9 Å². The molecule has 0 fully saturated rings. The second-order valence-corrected chi connectivity index (χ2v) is 7.09. The molecule has 1 heterocycles. The number of ether oxygens (including phenoxy) is 1. The van der Waals surface area contributed by atoms with E-state index in [0.717, 1.165) is 28.6 Å². The van der Waals surface area contributed by atoms with Crippen molar-refractivity contribution in [2.75, 3.05) is 0 Å². The average molecular weight is 403 g/mol. The summed E-state index contributed by atoms with van der Waals surface area (Å²) < 4.78 is 20.9. The molecule has 3 aromatic rings. The number of halogens is 1. The van der Waals surface area contributed by atoms with Gasteiger partial charge in [0, 0.05) is 22.9 Å². The smallest absolute Gasteiger partial charge is 0.331 e. The van der Waals surface area contributed by atoms with E-state index in [1.54, 1.807) is 6.08 Å². The van der Waals surface area contributed by atoms with Crippen molar-refractivity contribution in [2.45, 2.75) is 33.9 Å². The molecule has 0 unspecified atom stereocenters. The van der Waals surface area contributed by atoms with Gasteiger partial charge in [0.2, 0.25) is 0 Å². The van der Waals surface area contributed by atoms with Crippen LogP contribution in [0.15, 0.2) is 48.5 Å². The summed E-state index contributed by atoms with van der Waals surface area (Å²) in [6.07, 6.45) is 2.98. The van der Waals surface area contributed by atoms with Crippen LogP contribution in [-0.2, 0) is 22.7 Å². The minimum Gasteiger partial charge on any atom is -0.458 e. The van der Waals surface area contributed by atoms with Crippen LogP contribution in [0.2, 0.25) is 0 Å². The van der Waals surface area contributed by atoms with Crippen molar-refractivity contribution in [2.24, 2.45) is 0 Å². The molecule has 6 heteroatoms. The van der Waals surface area contributed by atoms with Crippen LogP contribution in [0.3, 0.4) is 0 Å². The Balaban J connectivity index is 1.65. The minimum atomic E-state index is -0.580. The number of aromatic nitrogens is 2. The lowest BCUT2D eigenvalue weighted by Gasteiger charge is -2.05.